The molecule has 2 unspecified atom stereocenters. The number of benzene rings is 1. The first-order valence-corrected chi connectivity index (χ1v) is 10.4. The lowest BCUT2D eigenvalue weighted by atomic mass is 10.00. The number of aliphatic hydroxyl groups is 1. The predicted octanol–water partition coefficient (Wildman–Crippen LogP) is 2.82. The van der Waals surface area contributed by atoms with Crippen LogP contribution in [0.1, 0.15) is 31.0 Å². The molecule has 2 atom stereocenters. The molecule has 0 radical (unpaired) electrons. The molecule has 0 aliphatic carbocycles. The zero-order valence-electron chi connectivity index (χ0n) is 17.4. The van der Waals surface area contributed by atoms with Crippen LogP contribution in [0.25, 0.3) is 0 Å². The van der Waals surface area contributed by atoms with Gasteiger partial charge in [-0.1, -0.05) is 12.1 Å². The Kier molecular flexibility index (Phi) is 8.29. The van der Waals surface area contributed by atoms with Gasteiger partial charge >= 0.3 is 0 Å². The molecule has 2 rings (SSSR count). The Morgan fingerprint density at radius 1 is 1.32 bits per heavy atom. The zero-order valence-corrected chi connectivity index (χ0v) is 18.2. The number of rotatable bonds is 9. The third-order valence-corrected chi connectivity index (χ3v) is 5.28. The summed E-state index contributed by atoms with van der Waals surface area (Å²) in [5.41, 5.74) is 1.06. The molecule has 0 spiro atoms. The van der Waals surface area contributed by atoms with Crippen molar-refractivity contribution in [3.8, 4) is 5.75 Å². The number of aliphatic imine (C=N–C) groups is 1. The van der Waals surface area contributed by atoms with E-state index < -0.39 is 5.60 Å². The first-order chi connectivity index (χ1) is 13.4. The molecule has 0 aliphatic rings. The highest BCUT2D eigenvalue weighted by atomic mass is 32.1. The van der Waals surface area contributed by atoms with Crippen molar-refractivity contribution in [3.63, 3.8) is 0 Å². The van der Waals surface area contributed by atoms with E-state index in [0.717, 1.165) is 23.4 Å². The molecular weight excluding hydrogens is 372 g/mol. The van der Waals surface area contributed by atoms with Crippen LogP contribution in [0.3, 0.4) is 0 Å². The normalized spacial score (nSPS) is 15.2. The van der Waals surface area contributed by atoms with Gasteiger partial charge in [-0.05, 0) is 68.0 Å². The summed E-state index contributed by atoms with van der Waals surface area (Å²) in [6.45, 7) is 5.52. The minimum Gasteiger partial charge on any atom is -0.497 e. The van der Waals surface area contributed by atoms with Gasteiger partial charge in [0.25, 0.3) is 0 Å². The largest absolute Gasteiger partial charge is 0.497 e. The van der Waals surface area contributed by atoms with Crippen molar-refractivity contribution in [1.82, 2.24) is 15.5 Å². The smallest absolute Gasteiger partial charge is 0.191 e. The second-order valence-corrected chi connectivity index (χ2v) is 7.90. The van der Waals surface area contributed by atoms with E-state index >= 15 is 0 Å². The lowest BCUT2D eigenvalue weighted by Crippen LogP contribution is -2.42. The lowest BCUT2D eigenvalue weighted by molar-refractivity contribution is 0.0677. The average molecular weight is 405 g/mol. The minimum atomic E-state index is -0.990. The number of thiophene rings is 1. The van der Waals surface area contributed by atoms with E-state index in [1.54, 1.807) is 25.4 Å². The molecule has 0 aliphatic heterocycles. The maximum absolute atomic E-state index is 10.7. The maximum Gasteiger partial charge on any atom is 0.191 e. The lowest BCUT2D eigenvalue weighted by Gasteiger charge is -2.27. The summed E-state index contributed by atoms with van der Waals surface area (Å²) < 4.78 is 5.36. The van der Waals surface area contributed by atoms with Crippen LogP contribution in [-0.4, -0.2) is 56.8 Å². The predicted molar refractivity (Wildman–Crippen MR) is 117 cm³/mol. The Bertz CT molecular complexity index is 745. The van der Waals surface area contributed by atoms with E-state index in [-0.39, 0.29) is 12.6 Å². The summed E-state index contributed by atoms with van der Waals surface area (Å²) >= 11 is 1.57. The molecular formula is C21H32N4O2S. The Labute approximate surface area is 172 Å². The molecule has 1 aromatic heterocycles. The minimum absolute atomic E-state index is 0.149. The summed E-state index contributed by atoms with van der Waals surface area (Å²) in [6, 6.07) is 10.2. The third kappa shape index (κ3) is 6.22. The second kappa shape index (κ2) is 10.5. The molecule has 0 saturated heterocycles. The molecule has 0 bridgehead atoms. The van der Waals surface area contributed by atoms with E-state index in [2.05, 4.69) is 46.8 Å². The van der Waals surface area contributed by atoms with E-state index in [1.165, 1.54) is 0 Å². The number of hydrogen-bond acceptors (Lipinski definition) is 5. The molecule has 3 N–H and O–H groups in total. The fourth-order valence-corrected chi connectivity index (χ4v) is 3.66. The van der Waals surface area contributed by atoms with Gasteiger partial charge in [0.15, 0.2) is 5.96 Å². The molecule has 154 valence electrons. The molecule has 6 nitrogen and oxygen atoms in total. The van der Waals surface area contributed by atoms with E-state index in [1.807, 2.05) is 35.9 Å². The van der Waals surface area contributed by atoms with Crippen LogP contribution in [0.5, 0.6) is 5.75 Å². The van der Waals surface area contributed by atoms with Crippen LogP contribution in [0.2, 0.25) is 0 Å². The van der Waals surface area contributed by atoms with Gasteiger partial charge < -0.3 is 25.4 Å². The molecule has 0 fully saturated rings. The summed E-state index contributed by atoms with van der Waals surface area (Å²) in [5, 5.41) is 21.3. The Hall–Kier alpha value is -2.09. The van der Waals surface area contributed by atoms with Gasteiger partial charge in [0.1, 0.15) is 11.4 Å². The molecule has 0 saturated carbocycles. The quantitative estimate of drug-likeness (QED) is 0.443. The molecule has 28 heavy (non-hydrogen) atoms. The van der Waals surface area contributed by atoms with Crippen LogP contribution in [0.4, 0.5) is 0 Å². The molecule has 7 heteroatoms. The standard InChI is InChI=1S/C21H32N4O2S/c1-6-22-20(24-15-21(2,26)17-10-11-28-14-17)23-13-19(25(3)4)16-8-7-9-18(12-16)27-5/h7-12,14,19,26H,6,13,15H2,1-5H3,(H2,22,23,24). The van der Waals surface area contributed by atoms with Gasteiger partial charge in [0, 0.05) is 13.1 Å². The van der Waals surface area contributed by atoms with Crippen LogP contribution in [0, 0.1) is 0 Å². The van der Waals surface area contributed by atoms with Crippen LogP contribution < -0.4 is 15.4 Å². The number of guanidine groups is 1. The maximum atomic E-state index is 10.7. The summed E-state index contributed by atoms with van der Waals surface area (Å²) in [4.78, 5) is 6.77. The molecule has 0 amide bonds. The third-order valence-electron chi connectivity index (χ3n) is 4.60. The van der Waals surface area contributed by atoms with Gasteiger partial charge in [-0.15, -0.1) is 0 Å². The average Bonchev–Trinajstić information content (AvgIpc) is 3.22. The first kappa shape index (κ1) is 22.2. The van der Waals surface area contributed by atoms with E-state index in [4.69, 9.17) is 4.74 Å². The monoisotopic (exact) mass is 404 g/mol. The van der Waals surface area contributed by atoms with Crippen molar-refractivity contribution in [1.29, 1.82) is 0 Å². The Balaban J connectivity index is 2.09. The first-order valence-electron chi connectivity index (χ1n) is 9.45. The Morgan fingerprint density at radius 3 is 2.71 bits per heavy atom. The zero-order chi connectivity index (χ0) is 20.6. The molecule has 2 aromatic rings. The highest BCUT2D eigenvalue weighted by molar-refractivity contribution is 7.08. The van der Waals surface area contributed by atoms with Crippen molar-refractivity contribution in [2.75, 3.05) is 40.8 Å². The van der Waals surface area contributed by atoms with Gasteiger partial charge in [-0.2, -0.15) is 11.3 Å². The summed E-state index contributed by atoms with van der Waals surface area (Å²) in [6.07, 6.45) is 0. The van der Waals surface area contributed by atoms with Gasteiger partial charge in [0.05, 0.1) is 19.7 Å². The SMILES string of the molecule is CCNC(=NCC(C)(O)c1ccsc1)NCC(c1cccc(OC)c1)N(C)C. The fourth-order valence-electron chi connectivity index (χ4n) is 2.88. The number of likely N-dealkylation sites (N-methyl/N-ethyl adjacent to an activating group) is 1. The number of nitrogens with one attached hydrogen (secondary N) is 2. The molecule has 1 heterocycles. The second-order valence-electron chi connectivity index (χ2n) is 7.12. The summed E-state index contributed by atoms with van der Waals surface area (Å²) in [5.74, 6) is 1.53. The van der Waals surface area contributed by atoms with Crippen molar-refractivity contribution in [3.05, 3.63) is 52.2 Å². The highest BCUT2D eigenvalue weighted by Crippen LogP contribution is 2.24. The van der Waals surface area contributed by atoms with E-state index in [0.29, 0.717) is 12.5 Å². The van der Waals surface area contributed by atoms with Gasteiger partial charge in [-0.3, -0.25) is 0 Å². The number of hydrogen-bond donors (Lipinski definition) is 3. The Morgan fingerprint density at radius 2 is 2.11 bits per heavy atom. The van der Waals surface area contributed by atoms with Crippen LogP contribution in [-0.2, 0) is 5.60 Å². The number of methoxy groups -OCH3 is 1. The topological polar surface area (TPSA) is 69.1 Å². The highest BCUT2D eigenvalue weighted by Gasteiger charge is 2.23. The fraction of sp³-hybridized carbons (Fsp3) is 0.476. The summed E-state index contributed by atoms with van der Waals surface area (Å²) in [7, 11) is 5.78. The number of nitrogens with zero attached hydrogens (tertiary/aromatic N) is 2. The van der Waals surface area contributed by atoms with Crippen molar-refractivity contribution >= 4 is 17.3 Å². The van der Waals surface area contributed by atoms with Crippen LogP contribution >= 0.6 is 11.3 Å². The molecule has 1 aromatic carbocycles. The van der Waals surface area contributed by atoms with Crippen molar-refractivity contribution in [2.24, 2.45) is 4.99 Å². The van der Waals surface area contributed by atoms with Gasteiger partial charge in [-0.25, -0.2) is 4.99 Å². The van der Waals surface area contributed by atoms with Crippen molar-refractivity contribution in [2.45, 2.75) is 25.5 Å². The number of ether oxygens (including phenoxy) is 1. The van der Waals surface area contributed by atoms with E-state index in [9.17, 15) is 5.11 Å². The van der Waals surface area contributed by atoms with Crippen LogP contribution in [0.15, 0.2) is 46.1 Å². The van der Waals surface area contributed by atoms with Gasteiger partial charge in [0.2, 0.25) is 0 Å². The van der Waals surface area contributed by atoms with Crippen molar-refractivity contribution < 1.29 is 9.84 Å².